The first-order valence-electron chi connectivity index (χ1n) is 11.6. The maximum absolute atomic E-state index is 13.7. The number of rotatable bonds is 8. The molecule has 192 valence electrons. The van der Waals surface area contributed by atoms with Crippen molar-refractivity contribution in [3.63, 3.8) is 0 Å². The molecule has 0 saturated carbocycles. The number of halogens is 6. The van der Waals surface area contributed by atoms with Crippen LogP contribution in [-0.4, -0.2) is 5.91 Å². The lowest BCUT2D eigenvalue weighted by Crippen LogP contribution is -2.50. The summed E-state index contributed by atoms with van der Waals surface area (Å²) in [5, 5.41) is 2.88. The number of hydrogen-bond acceptors (Lipinski definition) is 1. The molecule has 2 nitrogen and oxygen atoms in total. The molecule has 0 bridgehead atoms. The second-order valence-corrected chi connectivity index (χ2v) is 8.90. The highest BCUT2D eigenvalue weighted by Crippen LogP contribution is 2.40. The fourth-order valence-electron chi connectivity index (χ4n) is 4.28. The zero-order valence-corrected chi connectivity index (χ0v) is 19.9. The molecular formula is C28H27F6NO. The van der Waals surface area contributed by atoms with E-state index in [1.54, 1.807) is 37.3 Å². The van der Waals surface area contributed by atoms with E-state index in [1.165, 1.54) is 24.3 Å². The van der Waals surface area contributed by atoms with Gasteiger partial charge in [0.25, 0.3) is 0 Å². The lowest BCUT2D eigenvalue weighted by Gasteiger charge is -2.38. The van der Waals surface area contributed by atoms with Crippen LogP contribution in [0.25, 0.3) is 0 Å². The molecule has 0 aliphatic carbocycles. The van der Waals surface area contributed by atoms with E-state index in [2.05, 4.69) is 5.32 Å². The Hall–Kier alpha value is -3.29. The van der Waals surface area contributed by atoms with Crippen LogP contribution in [0.15, 0.2) is 78.9 Å². The average Bonchev–Trinajstić information content (AvgIpc) is 2.83. The van der Waals surface area contributed by atoms with Gasteiger partial charge in [0.2, 0.25) is 5.91 Å². The number of carbonyl (C=O) groups is 1. The fourth-order valence-corrected chi connectivity index (χ4v) is 4.28. The van der Waals surface area contributed by atoms with Crippen molar-refractivity contribution in [1.82, 2.24) is 5.32 Å². The zero-order chi connectivity index (χ0) is 26.6. The van der Waals surface area contributed by atoms with Gasteiger partial charge in [-0.25, -0.2) is 0 Å². The first kappa shape index (κ1) is 27.3. The standard InChI is InChI=1S/C28H27F6NO/c1-3-9-19(2)25(36)35-26(18-20-10-5-4-6-11-20,21-12-7-14-23(16-21)27(29,30)31)22-13-8-15-24(17-22)28(32,33)34/h4-8,10-17,19H,3,9,18H2,1-2H3,(H,35,36). The minimum atomic E-state index is -4.68. The van der Waals surface area contributed by atoms with E-state index in [1.807, 2.05) is 6.92 Å². The summed E-state index contributed by atoms with van der Waals surface area (Å²) in [6.07, 6.45) is -8.21. The molecule has 0 aliphatic heterocycles. The van der Waals surface area contributed by atoms with Crippen LogP contribution in [0.5, 0.6) is 0 Å². The van der Waals surface area contributed by atoms with Gasteiger partial charge in [0.15, 0.2) is 0 Å². The van der Waals surface area contributed by atoms with Crippen LogP contribution in [0.1, 0.15) is 54.5 Å². The van der Waals surface area contributed by atoms with Gasteiger partial charge in [0, 0.05) is 12.3 Å². The monoisotopic (exact) mass is 507 g/mol. The second kappa shape index (κ2) is 10.8. The van der Waals surface area contributed by atoms with Gasteiger partial charge in [-0.1, -0.05) is 74.9 Å². The quantitative estimate of drug-likeness (QED) is 0.310. The Balaban J connectivity index is 2.32. The molecule has 0 fully saturated rings. The molecule has 0 aliphatic rings. The average molecular weight is 508 g/mol. The molecule has 1 N–H and O–H groups in total. The van der Waals surface area contributed by atoms with Gasteiger partial charge in [-0.15, -0.1) is 0 Å². The fraction of sp³-hybridized carbons (Fsp3) is 0.321. The molecule has 0 spiro atoms. The van der Waals surface area contributed by atoms with Crippen LogP contribution in [0, 0.1) is 5.92 Å². The van der Waals surface area contributed by atoms with E-state index in [0.29, 0.717) is 18.4 Å². The Bertz CT molecular complexity index is 1110. The normalized spacial score (nSPS) is 13.3. The third-order valence-corrected chi connectivity index (χ3v) is 6.18. The summed E-state index contributed by atoms with van der Waals surface area (Å²) in [4.78, 5) is 13.3. The van der Waals surface area contributed by atoms with E-state index in [4.69, 9.17) is 0 Å². The van der Waals surface area contributed by atoms with Crippen LogP contribution >= 0.6 is 0 Å². The number of hydrogen-bond donors (Lipinski definition) is 1. The van der Waals surface area contributed by atoms with Crippen LogP contribution in [0.4, 0.5) is 26.3 Å². The predicted octanol–water partition coefficient (Wildman–Crippen LogP) is 7.76. The topological polar surface area (TPSA) is 29.1 Å². The molecule has 0 heterocycles. The van der Waals surface area contributed by atoms with Gasteiger partial charge < -0.3 is 5.32 Å². The van der Waals surface area contributed by atoms with Crippen molar-refractivity contribution in [2.45, 2.75) is 51.0 Å². The van der Waals surface area contributed by atoms with Crippen molar-refractivity contribution in [3.05, 3.63) is 107 Å². The highest BCUT2D eigenvalue weighted by atomic mass is 19.4. The summed E-state index contributed by atoms with van der Waals surface area (Å²) in [5.41, 5.74) is -2.89. The Kier molecular flexibility index (Phi) is 8.16. The third-order valence-electron chi connectivity index (χ3n) is 6.18. The predicted molar refractivity (Wildman–Crippen MR) is 126 cm³/mol. The van der Waals surface area contributed by atoms with Crippen LogP contribution < -0.4 is 5.32 Å². The smallest absolute Gasteiger partial charge is 0.342 e. The largest absolute Gasteiger partial charge is 0.416 e. The Labute approximate surface area is 206 Å². The molecule has 0 aromatic heterocycles. The molecule has 0 saturated heterocycles. The third kappa shape index (κ3) is 6.28. The molecule has 1 atom stereocenters. The van der Waals surface area contributed by atoms with E-state index < -0.39 is 40.8 Å². The first-order valence-corrected chi connectivity index (χ1v) is 11.6. The molecule has 3 aromatic rings. The molecule has 0 radical (unpaired) electrons. The first-order chi connectivity index (χ1) is 16.9. The van der Waals surface area contributed by atoms with Gasteiger partial charge in [0.1, 0.15) is 0 Å². The number of carbonyl (C=O) groups excluding carboxylic acids is 1. The number of benzene rings is 3. The lowest BCUT2D eigenvalue weighted by molar-refractivity contribution is -0.138. The summed E-state index contributed by atoms with van der Waals surface area (Å²) in [6, 6.07) is 17.4. The summed E-state index contributed by atoms with van der Waals surface area (Å²) < 4.78 is 82.0. The number of nitrogens with one attached hydrogen (secondary N) is 1. The Morgan fingerprint density at radius 3 is 1.67 bits per heavy atom. The molecule has 1 unspecified atom stereocenters. The van der Waals surface area contributed by atoms with Gasteiger partial charge in [-0.2, -0.15) is 26.3 Å². The van der Waals surface area contributed by atoms with E-state index in [-0.39, 0.29) is 17.5 Å². The summed E-state index contributed by atoms with van der Waals surface area (Å²) in [5.74, 6) is -0.954. The summed E-state index contributed by atoms with van der Waals surface area (Å²) in [7, 11) is 0. The molecule has 36 heavy (non-hydrogen) atoms. The van der Waals surface area contributed by atoms with Crippen molar-refractivity contribution in [1.29, 1.82) is 0 Å². The van der Waals surface area contributed by atoms with E-state index in [0.717, 1.165) is 24.3 Å². The highest BCUT2D eigenvalue weighted by molar-refractivity contribution is 5.80. The van der Waals surface area contributed by atoms with Crippen molar-refractivity contribution in [2.75, 3.05) is 0 Å². The summed E-state index contributed by atoms with van der Waals surface area (Å²) >= 11 is 0. The molecule has 3 aromatic carbocycles. The molecule has 8 heteroatoms. The molecule has 1 amide bonds. The van der Waals surface area contributed by atoms with Crippen LogP contribution in [0.3, 0.4) is 0 Å². The maximum Gasteiger partial charge on any atom is 0.416 e. The van der Waals surface area contributed by atoms with Crippen molar-refractivity contribution in [3.8, 4) is 0 Å². The van der Waals surface area contributed by atoms with Crippen LogP contribution in [0.2, 0.25) is 0 Å². The van der Waals surface area contributed by atoms with Crippen molar-refractivity contribution < 1.29 is 31.1 Å². The second-order valence-electron chi connectivity index (χ2n) is 8.90. The SMILES string of the molecule is CCCC(C)C(=O)NC(Cc1ccccc1)(c1cccc(C(F)(F)F)c1)c1cccc(C(F)(F)F)c1. The molecule has 3 rings (SSSR count). The number of alkyl halides is 6. The zero-order valence-electron chi connectivity index (χ0n) is 19.9. The van der Waals surface area contributed by atoms with Gasteiger partial charge >= 0.3 is 12.4 Å². The lowest BCUT2D eigenvalue weighted by atomic mass is 9.76. The van der Waals surface area contributed by atoms with E-state index >= 15 is 0 Å². The Morgan fingerprint density at radius 2 is 1.22 bits per heavy atom. The van der Waals surface area contributed by atoms with E-state index in [9.17, 15) is 31.1 Å². The minimum Gasteiger partial charge on any atom is -0.342 e. The Morgan fingerprint density at radius 1 is 0.750 bits per heavy atom. The summed E-state index contributed by atoms with van der Waals surface area (Å²) in [6.45, 7) is 3.57. The maximum atomic E-state index is 13.7. The van der Waals surface area contributed by atoms with Gasteiger partial charge in [0.05, 0.1) is 16.7 Å². The van der Waals surface area contributed by atoms with Crippen LogP contribution in [-0.2, 0) is 29.1 Å². The highest BCUT2D eigenvalue weighted by Gasteiger charge is 2.41. The van der Waals surface area contributed by atoms with Crippen molar-refractivity contribution >= 4 is 5.91 Å². The molecular weight excluding hydrogens is 480 g/mol. The minimum absolute atomic E-state index is 0.0394. The van der Waals surface area contributed by atoms with Gasteiger partial charge in [-0.3, -0.25) is 4.79 Å². The van der Waals surface area contributed by atoms with Gasteiger partial charge in [-0.05, 0) is 47.4 Å². The number of amides is 1. The van der Waals surface area contributed by atoms with Crippen molar-refractivity contribution in [2.24, 2.45) is 5.92 Å².